The summed E-state index contributed by atoms with van der Waals surface area (Å²) in [5.74, 6) is 0.891. The summed E-state index contributed by atoms with van der Waals surface area (Å²) in [6, 6.07) is 0. The minimum absolute atomic E-state index is 0.801. The van der Waals surface area contributed by atoms with Crippen LogP contribution in [0.3, 0.4) is 0 Å². The largest absolute Gasteiger partial charge is 0.361 e. The Balaban J connectivity index is 2.00. The molecule has 0 aliphatic carbocycles. The van der Waals surface area contributed by atoms with Crippen molar-refractivity contribution >= 4 is 11.3 Å². The molecule has 0 amide bonds. The van der Waals surface area contributed by atoms with Crippen molar-refractivity contribution < 1.29 is 4.52 Å². The molecular weight excluding hydrogens is 236 g/mol. The summed E-state index contributed by atoms with van der Waals surface area (Å²) in [5.41, 5.74) is 2.12. The SMILES string of the molecule is Cc1nnc(CN(C)Cc2c(C)noc2C)s1. The molecule has 2 heterocycles. The van der Waals surface area contributed by atoms with Crippen molar-refractivity contribution in [1.82, 2.24) is 20.3 Å². The van der Waals surface area contributed by atoms with Crippen molar-refractivity contribution in [3.05, 3.63) is 27.0 Å². The van der Waals surface area contributed by atoms with Crippen LogP contribution in [0.1, 0.15) is 27.0 Å². The van der Waals surface area contributed by atoms with Crippen LogP contribution in [0.2, 0.25) is 0 Å². The summed E-state index contributed by atoms with van der Waals surface area (Å²) < 4.78 is 5.15. The van der Waals surface area contributed by atoms with Crippen molar-refractivity contribution in [3.63, 3.8) is 0 Å². The van der Waals surface area contributed by atoms with Gasteiger partial charge in [0.15, 0.2) is 0 Å². The second-order valence-electron chi connectivity index (χ2n) is 4.19. The number of nitrogens with zero attached hydrogens (tertiary/aromatic N) is 4. The normalized spacial score (nSPS) is 11.4. The van der Waals surface area contributed by atoms with Crippen LogP contribution in [0.5, 0.6) is 0 Å². The molecule has 0 saturated heterocycles. The molecule has 2 aromatic rings. The van der Waals surface area contributed by atoms with Crippen LogP contribution in [0, 0.1) is 20.8 Å². The summed E-state index contributed by atoms with van der Waals surface area (Å²) in [4.78, 5) is 2.19. The number of hydrogen-bond acceptors (Lipinski definition) is 6. The topological polar surface area (TPSA) is 55.1 Å². The summed E-state index contributed by atoms with van der Waals surface area (Å²) >= 11 is 1.63. The number of aryl methyl sites for hydroxylation is 3. The lowest BCUT2D eigenvalue weighted by Crippen LogP contribution is -2.17. The Hall–Kier alpha value is -1.27. The monoisotopic (exact) mass is 252 g/mol. The first-order valence-electron chi connectivity index (χ1n) is 5.45. The van der Waals surface area contributed by atoms with E-state index < -0.39 is 0 Å². The first-order valence-corrected chi connectivity index (χ1v) is 6.27. The van der Waals surface area contributed by atoms with Gasteiger partial charge >= 0.3 is 0 Å². The first kappa shape index (κ1) is 12.2. The molecule has 17 heavy (non-hydrogen) atoms. The number of rotatable bonds is 4. The lowest BCUT2D eigenvalue weighted by atomic mass is 10.2. The van der Waals surface area contributed by atoms with Gasteiger partial charge in [-0.2, -0.15) is 0 Å². The molecule has 0 spiro atoms. The highest BCUT2D eigenvalue weighted by atomic mass is 32.1. The van der Waals surface area contributed by atoms with E-state index in [0.717, 1.165) is 40.1 Å². The zero-order valence-electron chi connectivity index (χ0n) is 10.5. The molecule has 0 atom stereocenters. The van der Waals surface area contributed by atoms with Gasteiger partial charge in [0.2, 0.25) is 0 Å². The fourth-order valence-corrected chi connectivity index (χ4v) is 2.47. The van der Waals surface area contributed by atoms with E-state index in [1.807, 2.05) is 20.8 Å². The van der Waals surface area contributed by atoms with E-state index in [-0.39, 0.29) is 0 Å². The molecule has 0 aliphatic heterocycles. The Labute approximate surface area is 104 Å². The van der Waals surface area contributed by atoms with Gasteiger partial charge in [-0.05, 0) is 27.8 Å². The minimum Gasteiger partial charge on any atom is -0.361 e. The van der Waals surface area contributed by atoms with Crippen LogP contribution in [0.4, 0.5) is 0 Å². The molecule has 92 valence electrons. The van der Waals surface area contributed by atoms with Crippen molar-refractivity contribution in [2.75, 3.05) is 7.05 Å². The quantitative estimate of drug-likeness (QED) is 0.834. The van der Waals surface area contributed by atoms with E-state index in [9.17, 15) is 0 Å². The molecular formula is C11H16N4OS. The van der Waals surface area contributed by atoms with Crippen molar-refractivity contribution in [2.45, 2.75) is 33.9 Å². The maximum atomic E-state index is 5.15. The van der Waals surface area contributed by atoms with Gasteiger partial charge in [-0.3, -0.25) is 4.90 Å². The summed E-state index contributed by atoms with van der Waals surface area (Å²) in [5, 5.41) is 14.1. The molecule has 6 heteroatoms. The molecule has 0 aliphatic rings. The average Bonchev–Trinajstić information content (AvgIpc) is 2.79. The fraction of sp³-hybridized carbons (Fsp3) is 0.545. The third-order valence-corrected chi connectivity index (χ3v) is 3.41. The van der Waals surface area contributed by atoms with Crippen molar-refractivity contribution in [3.8, 4) is 0 Å². The van der Waals surface area contributed by atoms with E-state index in [1.165, 1.54) is 0 Å². The van der Waals surface area contributed by atoms with Gasteiger partial charge in [-0.25, -0.2) is 0 Å². The highest BCUT2D eigenvalue weighted by molar-refractivity contribution is 7.11. The number of hydrogen-bond donors (Lipinski definition) is 0. The molecule has 0 unspecified atom stereocenters. The van der Waals surface area contributed by atoms with Gasteiger partial charge in [0.25, 0.3) is 0 Å². The molecule has 0 bridgehead atoms. The van der Waals surface area contributed by atoms with Crippen LogP contribution in [0.15, 0.2) is 4.52 Å². The Morgan fingerprint density at radius 1 is 1.18 bits per heavy atom. The lowest BCUT2D eigenvalue weighted by molar-refractivity contribution is 0.313. The zero-order chi connectivity index (χ0) is 12.4. The van der Waals surface area contributed by atoms with Crippen LogP contribution in [-0.4, -0.2) is 27.3 Å². The van der Waals surface area contributed by atoms with E-state index in [4.69, 9.17) is 4.52 Å². The smallest absolute Gasteiger partial charge is 0.138 e. The Morgan fingerprint density at radius 2 is 1.94 bits per heavy atom. The summed E-state index contributed by atoms with van der Waals surface area (Å²) in [6.07, 6.45) is 0. The highest BCUT2D eigenvalue weighted by Gasteiger charge is 2.12. The third-order valence-electron chi connectivity index (χ3n) is 2.58. The van der Waals surface area contributed by atoms with Gasteiger partial charge < -0.3 is 4.52 Å². The molecule has 2 aromatic heterocycles. The van der Waals surface area contributed by atoms with Gasteiger partial charge in [0.05, 0.1) is 12.2 Å². The Kier molecular flexibility index (Phi) is 3.54. The molecule has 0 aromatic carbocycles. The van der Waals surface area contributed by atoms with Crippen LogP contribution >= 0.6 is 11.3 Å². The predicted octanol–water partition coefficient (Wildman–Crippen LogP) is 2.08. The van der Waals surface area contributed by atoms with E-state index in [1.54, 1.807) is 11.3 Å². The molecule has 0 fully saturated rings. The van der Waals surface area contributed by atoms with Crippen molar-refractivity contribution in [1.29, 1.82) is 0 Å². The van der Waals surface area contributed by atoms with E-state index in [2.05, 4.69) is 27.3 Å². The third kappa shape index (κ3) is 2.89. The minimum atomic E-state index is 0.801. The predicted molar refractivity (Wildman–Crippen MR) is 65.8 cm³/mol. The standard InChI is InChI=1S/C11H16N4OS/c1-7-10(8(2)16-14-7)5-15(4)6-11-13-12-9(3)17-11/h5-6H2,1-4H3. The second-order valence-corrected chi connectivity index (χ2v) is 5.46. The maximum absolute atomic E-state index is 5.15. The van der Waals surface area contributed by atoms with Gasteiger partial charge in [0.1, 0.15) is 15.8 Å². The maximum Gasteiger partial charge on any atom is 0.138 e. The summed E-state index contributed by atoms with van der Waals surface area (Å²) in [6.45, 7) is 7.50. The Morgan fingerprint density at radius 3 is 2.47 bits per heavy atom. The van der Waals surface area contributed by atoms with Crippen LogP contribution in [-0.2, 0) is 13.1 Å². The first-order chi connectivity index (χ1) is 8.06. The highest BCUT2D eigenvalue weighted by Crippen LogP contribution is 2.16. The zero-order valence-corrected chi connectivity index (χ0v) is 11.3. The fourth-order valence-electron chi connectivity index (χ4n) is 1.69. The molecule has 2 rings (SSSR count). The molecule has 0 N–H and O–H groups in total. The van der Waals surface area contributed by atoms with Gasteiger partial charge in [0, 0.05) is 12.1 Å². The van der Waals surface area contributed by atoms with Crippen LogP contribution in [0.25, 0.3) is 0 Å². The molecule has 0 radical (unpaired) electrons. The summed E-state index contributed by atoms with van der Waals surface area (Å²) in [7, 11) is 2.06. The average molecular weight is 252 g/mol. The van der Waals surface area contributed by atoms with Crippen LogP contribution < -0.4 is 0 Å². The van der Waals surface area contributed by atoms with E-state index in [0.29, 0.717) is 0 Å². The van der Waals surface area contributed by atoms with Gasteiger partial charge in [-0.1, -0.05) is 5.16 Å². The Bertz CT molecular complexity index is 486. The number of aromatic nitrogens is 3. The van der Waals surface area contributed by atoms with Crippen molar-refractivity contribution in [2.24, 2.45) is 0 Å². The molecule has 5 nitrogen and oxygen atoms in total. The lowest BCUT2D eigenvalue weighted by Gasteiger charge is -2.14. The van der Waals surface area contributed by atoms with E-state index >= 15 is 0 Å². The van der Waals surface area contributed by atoms with Gasteiger partial charge in [-0.15, -0.1) is 21.5 Å². The second kappa shape index (κ2) is 4.93. The molecule has 0 saturated carbocycles.